The maximum Gasteiger partial charge on any atom is 0.291 e. The second-order valence-electron chi connectivity index (χ2n) is 14.3. The molecule has 0 unspecified atom stereocenters. The number of aryl methyl sites for hydroxylation is 1. The molecule has 40 heavy (non-hydrogen) atoms. The van der Waals surface area contributed by atoms with Crippen LogP contribution >= 0.6 is 0 Å². The number of hydrogen-bond donors (Lipinski definition) is 1. The highest BCUT2D eigenvalue weighted by atomic mass is 16.3. The van der Waals surface area contributed by atoms with E-state index < -0.39 is 0 Å². The number of carbonyl (C=O) groups excluding carboxylic acids is 2. The average molecular weight is 552 g/mol. The minimum atomic E-state index is -0.139. The molecular formula is C32H49N5O3. The third kappa shape index (κ3) is 4.62. The van der Waals surface area contributed by atoms with E-state index in [1.54, 1.807) is 17.5 Å². The molecule has 8 heteroatoms. The molecule has 1 aliphatic heterocycles. The molecule has 2 heterocycles. The van der Waals surface area contributed by atoms with E-state index in [0.717, 1.165) is 43.4 Å². The second kappa shape index (κ2) is 10.6. The number of carbonyl (C=O) groups is 2. The van der Waals surface area contributed by atoms with E-state index in [1.165, 1.54) is 43.1 Å². The summed E-state index contributed by atoms with van der Waals surface area (Å²) in [4.78, 5) is 33.7. The fourth-order valence-corrected chi connectivity index (χ4v) is 10.1. The Labute approximate surface area is 239 Å². The summed E-state index contributed by atoms with van der Waals surface area (Å²) in [5.74, 6) is 4.05. The smallest absolute Gasteiger partial charge is 0.291 e. The van der Waals surface area contributed by atoms with E-state index in [0.29, 0.717) is 61.1 Å². The Morgan fingerprint density at radius 3 is 2.52 bits per heavy atom. The lowest BCUT2D eigenvalue weighted by molar-refractivity contribution is -0.133. The molecule has 3 saturated carbocycles. The number of hydrogen-bond acceptors (Lipinski definition) is 5. The Morgan fingerprint density at radius 2 is 1.80 bits per heavy atom. The quantitative estimate of drug-likeness (QED) is 0.546. The summed E-state index contributed by atoms with van der Waals surface area (Å²) >= 11 is 0. The Balaban J connectivity index is 1.03. The van der Waals surface area contributed by atoms with Crippen molar-refractivity contribution < 1.29 is 14.7 Å². The summed E-state index contributed by atoms with van der Waals surface area (Å²) in [5.41, 5.74) is 2.23. The Bertz CT molecular complexity index is 1160. The number of fused-ring (bicyclic) bond motifs is 5. The molecule has 1 aromatic rings. The zero-order valence-corrected chi connectivity index (χ0v) is 25.0. The summed E-state index contributed by atoms with van der Waals surface area (Å²) in [6.07, 6.45) is 14.8. The van der Waals surface area contributed by atoms with Crippen LogP contribution in [0.4, 0.5) is 0 Å². The van der Waals surface area contributed by atoms with E-state index >= 15 is 0 Å². The van der Waals surface area contributed by atoms with Gasteiger partial charge in [-0.25, -0.2) is 9.67 Å². The van der Waals surface area contributed by atoms with E-state index in [2.05, 4.69) is 36.9 Å². The fraction of sp³-hybridized carbons (Fsp3) is 0.812. The van der Waals surface area contributed by atoms with E-state index in [-0.39, 0.29) is 17.9 Å². The van der Waals surface area contributed by atoms with Gasteiger partial charge in [-0.05, 0) is 98.2 Å². The van der Waals surface area contributed by atoms with Crippen molar-refractivity contribution in [2.45, 2.75) is 91.1 Å². The van der Waals surface area contributed by atoms with Crippen molar-refractivity contribution in [2.75, 3.05) is 26.2 Å². The van der Waals surface area contributed by atoms with Gasteiger partial charge in [0.05, 0.1) is 6.10 Å². The molecule has 4 aliphatic carbocycles. The summed E-state index contributed by atoms with van der Waals surface area (Å²) in [6, 6.07) is 0. The number of piperazine rings is 1. The second-order valence-corrected chi connectivity index (χ2v) is 14.3. The van der Waals surface area contributed by atoms with Crippen LogP contribution in [0.5, 0.6) is 0 Å². The number of aromatic nitrogens is 3. The average Bonchev–Trinajstić information content (AvgIpc) is 3.54. The predicted molar refractivity (Wildman–Crippen MR) is 153 cm³/mol. The van der Waals surface area contributed by atoms with Crippen LogP contribution in [0.2, 0.25) is 0 Å². The van der Waals surface area contributed by atoms with Gasteiger partial charge < -0.3 is 14.9 Å². The first-order valence-corrected chi connectivity index (χ1v) is 15.9. The highest BCUT2D eigenvalue weighted by molar-refractivity contribution is 5.90. The highest BCUT2D eigenvalue weighted by Gasteiger charge is 2.59. The fourth-order valence-electron chi connectivity index (χ4n) is 10.1. The Hall–Kier alpha value is -2.22. The van der Waals surface area contributed by atoms with Crippen molar-refractivity contribution in [3.63, 3.8) is 0 Å². The van der Waals surface area contributed by atoms with Crippen LogP contribution in [-0.2, 0) is 11.8 Å². The normalized spacial score (nSPS) is 38.2. The molecule has 8 atom stereocenters. The minimum Gasteiger partial charge on any atom is -0.393 e. The van der Waals surface area contributed by atoms with Gasteiger partial charge in [0, 0.05) is 39.6 Å². The number of aliphatic hydroxyl groups excluding tert-OH is 1. The lowest BCUT2D eigenvalue weighted by Crippen LogP contribution is -2.51. The standard InChI is InChI=1S/C32H49N5O3/c1-21(5-10-28(39)36-15-17-37(18-16-36)30(40)29-33-20-34-35(29)4)25-8-9-26-24-7-6-22-19-23(38)11-13-31(22,2)27(24)12-14-32(25,26)3/h6,20-21,23-27,38H,5,7-19H2,1-4H3/t21-,23+,24+,25-,26+,27+,31+,32-/m1/s1. The topological polar surface area (TPSA) is 91.6 Å². The third-order valence-corrected chi connectivity index (χ3v) is 12.5. The summed E-state index contributed by atoms with van der Waals surface area (Å²) in [6.45, 7) is 9.78. The summed E-state index contributed by atoms with van der Waals surface area (Å²) in [7, 11) is 1.73. The molecule has 1 saturated heterocycles. The number of rotatable bonds is 5. The number of amides is 2. The zero-order valence-electron chi connectivity index (χ0n) is 25.0. The molecule has 5 aliphatic rings. The van der Waals surface area contributed by atoms with Crippen molar-refractivity contribution in [1.82, 2.24) is 24.6 Å². The molecule has 0 bridgehead atoms. The Morgan fingerprint density at radius 1 is 1.05 bits per heavy atom. The molecule has 0 radical (unpaired) electrons. The first-order valence-electron chi connectivity index (χ1n) is 15.9. The van der Waals surface area contributed by atoms with E-state index in [4.69, 9.17) is 0 Å². The van der Waals surface area contributed by atoms with Gasteiger partial charge in [0.1, 0.15) is 6.33 Å². The van der Waals surface area contributed by atoms with Gasteiger partial charge in [-0.1, -0.05) is 32.4 Å². The maximum absolute atomic E-state index is 13.2. The largest absolute Gasteiger partial charge is 0.393 e. The van der Waals surface area contributed by atoms with E-state index in [9.17, 15) is 14.7 Å². The van der Waals surface area contributed by atoms with Crippen molar-refractivity contribution in [2.24, 2.45) is 47.5 Å². The lowest BCUT2D eigenvalue weighted by atomic mass is 9.47. The van der Waals surface area contributed by atoms with Gasteiger partial charge in [-0.3, -0.25) is 9.59 Å². The van der Waals surface area contributed by atoms with Gasteiger partial charge in [-0.2, -0.15) is 5.10 Å². The van der Waals surface area contributed by atoms with Crippen LogP contribution in [0.1, 0.15) is 95.6 Å². The maximum atomic E-state index is 13.2. The SMILES string of the molecule is C[C@H](CCC(=O)N1CCN(C(=O)c2ncnn2C)CC1)[C@H]1CC[C@H]2[C@@H]3CC=C4C[C@@H](O)CC[C@]4(C)[C@H]3CC[C@]12C. The van der Waals surface area contributed by atoms with Crippen LogP contribution in [0.25, 0.3) is 0 Å². The van der Waals surface area contributed by atoms with Gasteiger partial charge in [0.15, 0.2) is 0 Å². The molecule has 6 rings (SSSR count). The van der Waals surface area contributed by atoms with Crippen molar-refractivity contribution >= 4 is 11.8 Å². The molecule has 220 valence electrons. The molecular weight excluding hydrogens is 502 g/mol. The predicted octanol–water partition coefficient (Wildman–Crippen LogP) is 4.46. The number of aliphatic hydroxyl groups is 1. The van der Waals surface area contributed by atoms with Crippen LogP contribution in [0, 0.1) is 40.4 Å². The molecule has 1 N–H and O–H groups in total. The van der Waals surface area contributed by atoms with Crippen LogP contribution in [0.15, 0.2) is 18.0 Å². The van der Waals surface area contributed by atoms with Crippen LogP contribution in [-0.4, -0.2) is 73.8 Å². The first kappa shape index (κ1) is 27.9. The molecule has 4 fully saturated rings. The van der Waals surface area contributed by atoms with Gasteiger partial charge in [0.25, 0.3) is 5.91 Å². The third-order valence-electron chi connectivity index (χ3n) is 12.5. The van der Waals surface area contributed by atoms with Crippen molar-refractivity contribution in [3.8, 4) is 0 Å². The van der Waals surface area contributed by atoms with Gasteiger partial charge in [0.2, 0.25) is 11.7 Å². The molecule has 2 amide bonds. The molecule has 0 aromatic carbocycles. The minimum absolute atomic E-state index is 0.112. The van der Waals surface area contributed by atoms with Crippen molar-refractivity contribution in [3.05, 3.63) is 23.8 Å². The van der Waals surface area contributed by atoms with Crippen molar-refractivity contribution in [1.29, 1.82) is 0 Å². The van der Waals surface area contributed by atoms with Gasteiger partial charge in [-0.15, -0.1) is 0 Å². The number of nitrogens with zero attached hydrogens (tertiary/aromatic N) is 5. The number of allylic oxidation sites excluding steroid dienone is 1. The summed E-state index contributed by atoms with van der Waals surface area (Å²) < 4.78 is 1.51. The highest BCUT2D eigenvalue weighted by Crippen LogP contribution is 2.67. The van der Waals surface area contributed by atoms with E-state index in [1.807, 2.05) is 4.90 Å². The molecule has 1 aromatic heterocycles. The van der Waals surface area contributed by atoms with Crippen LogP contribution < -0.4 is 0 Å². The summed E-state index contributed by atoms with van der Waals surface area (Å²) in [5, 5.41) is 14.3. The first-order chi connectivity index (χ1) is 19.1. The van der Waals surface area contributed by atoms with Gasteiger partial charge >= 0.3 is 0 Å². The lowest BCUT2D eigenvalue weighted by Gasteiger charge is -2.58. The van der Waals surface area contributed by atoms with Crippen LogP contribution in [0.3, 0.4) is 0 Å². The molecule has 0 spiro atoms. The zero-order chi connectivity index (χ0) is 28.2. The Kier molecular flexibility index (Phi) is 7.37. The monoisotopic (exact) mass is 551 g/mol. The molecule has 8 nitrogen and oxygen atoms in total.